The van der Waals surface area contributed by atoms with E-state index in [9.17, 15) is 25.9 Å². The second kappa shape index (κ2) is 70.0. The summed E-state index contributed by atoms with van der Waals surface area (Å²) in [5.41, 5.74) is 3.79. The molecule has 0 aliphatic heterocycles. The van der Waals surface area contributed by atoms with Gasteiger partial charge in [-0.1, -0.05) is 437 Å². The third-order valence-electron chi connectivity index (χ3n) is 20.2. The minimum Gasteiger partial charge on any atom is -0.744 e. The largest absolute Gasteiger partial charge is 2.00 e. The van der Waals surface area contributed by atoms with Crippen LogP contribution in [0.5, 0.6) is 0 Å². The average molecular weight is 1360 g/mol. The van der Waals surface area contributed by atoms with Crippen LogP contribution in [0, 0.1) is 0 Å². The van der Waals surface area contributed by atoms with E-state index in [1.165, 1.54) is 385 Å². The monoisotopic (exact) mass is 1360 g/mol. The number of aryl methyl sites for hydroxylation is 2. The van der Waals surface area contributed by atoms with Crippen LogP contribution in [0.2, 0.25) is 0 Å². The van der Waals surface area contributed by atoms with Gasteiger partial charge in [0.1, 0.15) is 20.2 Å². The van der Waals surface area contributed by atoms with Gasteiger partial charge in [-0.05, 0) is 85.8 Å². The maximum Gasteiger partial charge on any atom is 2.00 e. The molecule has 0 bridgehead atoms. The van der Waals surface area contributed by atoms with Gasteiger partial charge in [-0.3, -0.25) is 0 Å². The van der Waals surface area contributed by atoms with Crippen LogP contribution in [0.25, 0.3) is 0 Å². The molecule has 0 atom stereocenters. The summed E-state index contributed by atoms with van der Waals surface area (Å²) < 4.78 is 72.3. The number of unbranched alkanes of at least 4 members (excludes halogenated alkanes) is 60. The molecule has 0 aliphatic rings. The van der Waals surface area contributed by atoms with Crippen LogP contribution < -0.4 is 0 Å². The fourth-order valence-corrected chi connectivity index (χ4v) is 15.7. The number of hydrogen-bond acceptors (Lipinski definition) is 6. The van der Waals surface area contributed by atoms with Crippen molar-refractivity contribution < 1.29 is 25.9 Å². The molecular formula is C84H154CaO6S2. The fraction of sp³-hybridized carbons (Fsp3) is 0.857. The van der Waals surface area contributed by atoms with Gasteiger partial charge in [-0.15, -0.1) is 0 Å². The van der Waals surface area contributed by atoms with E-state index in [1.54, 1.807) is 12.1 Å². The van der Waals surface area contributed by atoms with E-state index in [4.69, 9.17) is 0 Å². The fourth-order valence-electron chi connectivity index (χ4n) is 14.2. The minimum absolute atomic E-state index is 0. The molecule has 0 aromatic heterocycles. The SMILES string of the molecule is CCCCCCCCCCCCCCCCCCc1cccc(S(=O)(=O)[O-])c1CCCCCCCCCCCCCCCCCC.CCCCCCCCCCCCCCCCCCc1cccc(S(=O)(=O)[O-])c1CCCCCCCCCCCCCCCCCC.[Ca+2]. The van der Waals surface area contributed by atoms with Gasteiger partial charge in [0.15, 0.2) is 0 Å². The molecule has 540 valence electrons. The molecule has 6 nitrogen and oxygen atoms in total. The predicted octanol–water partition coefficient (Wildman–Crippen LogP) is 28.0. The van der Waals surface area contributed by atoms with Crippen molar-refractivity contribution in [2.45, 2.75) is 474 Å². The van der Waals surface area contributed by atoms with Gasteiger partial charge in [0.05, 0.1) is 9.79 Å². The van der Waals surface area contributed by atoms with Crippen molar-refractivity contribution in [1.82, 2.24) is 0 Å². The van der Waals surface area contributed by atoms with Crippen LogP contribution in [0.3, 0.4) is 0 Å². The average Bonchev–Trinajstić information content (AvgIpc) is 0.912. The summed E-state index contributed by atoms with van der Waals surface area (Å²) in [5.74, 6) is 0. The third kappa shape index (κ3) is 59.0. The van der Waals surface area contributed by atoms with Crippen LogP contribution >= 0.6 is 0 Å². The quantitative estimate of drug-likeness (QED) is 0.0370. The standard InChI is InChI=1S/2C42H78O3S.Ca/c2*1-3-5-7-9-11-13-15-17-19-21-23-25-27-29-31-33-36-40-37-35-39-42(46(43,44)45)41(40)38-34-32-30-28-26-24-22-20-18-16-14-12-10-8-6-4-2;/h2*35,37,39H,3-34,36,38H2,1-2H3,(H,43,44,45);/q;;+2/p-2. The second-order valence-electron chi connectivity index (χ2n) is 28.9. The first kappa shape index (κ1) is 92.5. The Morgan fingerprint density at radius 3 is 0.505 bits per heavy atom. The topological polar surface area (TPSA) is 114 Å². The van der Waals surface area contributed by atoms with Crippen molar-refractivity contribution in [3.05, 3.63) is 58.7 Å². The molecule has 0 spiro atoms. The van der Waals surface area contributed by atoms with E-state index < -0.39 is 20.2 Å². The maximum atomic E-state index is 12.0. The zero-order chi connectivity index (χ0) is 66.8. The van der Waals surface area contributed by atoms with Crippen molar-refractivity contribution >= 4 is 58.0 Å². The first-order valence-corrected chi connectivity index (χ1v) is 44.0. The summed E-state index contributed by atoms with van der Waals surface area (Å²) in [6.45, 7) is 9.13. The molecule has 0 N–H and O–H groups in total. The van der Waals surface area contributed by atoms with Gasteiger partial charge in [0, 0.05) is 0 Å². The van der Waals surface area contributed by atoms with Crippen LogP contribution in [0.4, 0.5) is 0 Å². The summed E-state index contributed by atoms with van der Waals surface area (Å²) in [7, 11) is -8.88. The van der Waals surface area contributed by atoms with Crippen molar-refractivity contribution in [3.63, 3.8) is 0 Å². The first-order valence-electron chi connectivity index (χ1n) is 41.1. The molecule has 0 fully saturated rings. The van der Waals surface area contributed by atoms with E-state index in [0.717, 1.165) is 73.6 Å². The zero-order valence-electron chi connectivity index (χ0n) is 62.5. The van der Waals surface area contributed by atoms with E-state index >= 15 is 0 Å². The van der Waals surface area contributed by atoms with E-state index in [1.807, 2.05) is 0 Å². The molecule has 0 radical (unpaired) electrons. The third-order valence-corrected chi connectivity index (χ3v) is 22.0. The van der Waals surface area contributed by atoms with Gasteiger partial charge in [-0.25, -0.2) is 16.8 Å². The Morgan fingerprint density at radius 1 is 0.215 bits per heavy atom. The molecule has 9 heteroatoms. The van der Waals surface area contributed by atoms with E-state index in [-0.39, 0.29) is 47.5 Å². The van der Waals surface area contributed by atoms with Crippen molar-refractivity contribution in [2.24, 2.45) is 0 Å². The summed E-state index contributed by atoms with van der Waals surface area (Å²) in [6, 6.07) is 10.7. The van der Waals surface area contributed by atoms with Gasteiger partial charge < -0.3 is 9.11 Å². The molecule has 2 aromatic carbocycles. The Labute approximate surface area is 611 Å². The molecule has 2 aromatic rings. The molecule has 0 amide bonds. The minimum atomic E-state index is -4.44. The predicted molar refractivity (Wildman–Crippen MR) is 408 cm³/mol. The van der Waals surface area contributed by atoms with Crippen LogP contribution in [-0.4, -0.2) is 63.7 Å². The van der Waals surface area contributed by atoms with E-state index in [0.29, 0.717) is 12.8 Å². The second-order valence-corrected chi connectivity index (χ2v) is 31.6. The van der Waals surface area contributed by atoms with Crippen molar-refractivity contribution in [2.75, 3.05) is 0 Å². The number of rotatable bonds is 70. The number of benzene rings is 2. The Morgan fingerprint density at radius 2 is 0.355 bits per heavy atom. The summed E-state index contributed by atoms with van der Waals surface area (Å²) in [5, 5.41) is 0. The van der Waals surface area contributed by atoms with Crippen LogP contribution in [0.15, 0.2) is 46.2 Å². The summed E-state index contributed by atoms with van der Waals surface area (Å²) >= 11 is 0. The molecule has 0 saturated carbocycles. The Kier molecular flexibility index (Phi) is 69.6. The molecule has 0 heterocycles. The molecule has 93 heavy (non-hydrogen) atoms. The summed E-state index contributed by atoms with van der Waals surface area (Å²) in [6.07, 6.45) is 88.8. The molecule has 0 unspecified atom stereocenters. The molecular weight excluding hydrogens is 1210 g/mol. The zero-order valence-corrected chi connectivity index (χ0v) is 66.4. The van der Waals surface area contributed by atoms with E-state index in [2.05, 4.69) is 39.8 Å². The van der Waals surface area contributed by atoms with Crippen molar-refractivity contribution in [3.8, 4) is 0 Å². The number of hydrogen-bond donors (Lipinski definition) is 0. The normalized spacial score (nSPS) is 11.8. The van der Waals surface area contributed by atoms with Crippen LogP contribution in [-0.2, 0) is 45.9 Å². The van der Waals surface area contributed by atoms with Gasteiger partial charge in [0.2, 0.25) is 0 Å². The first-order chi connectivity index (χ1) is 45.0. The molecule has 2 rings (SSSR count). The van der Waals surface area contributed by atoms with Crippen molar-refractivity contribution in [1.29, 1.82) is 0 Å². The molecule has 0 aliphatic carbocycles. The van der Waals surface area contributed by atoms with Gasteiger partial charge in [0.25, 0.3) is 0 Å². The Bertz CT molecular complexity index is 1940. The Hall–Kier alpha value is -0.480. The summed E-state index contributed by atoms with van der Waals surface area (Å²) in [4.78, 5) is 0.0601. The van der Waals surface area contributed by atoms with Crippen LogP contribution in [0.1, 0.15) is 461 Å². The maximum absolute atomic E-state index is 12.0. The Balaban J connectivity index is 0.00000180. The van der Waals surface area contributed by atoms with Gasteiger partial charge >= 0.3 is 37.7 Å². The molecule has 0 saturated heterocycles. The smallest absolute Gasteiger partial charge is 0.744 e. The van der Waals surface area contributed by atoms with Gasteiger partial charge in [-0.2, -0.15) is 0 Å².